The van der Waals surface area contributed by atoms with Crippen molar-refractivity contribution in [3.05, 3.63) is 53.9 Å². The van der Waals surface area contributed by atoms with Crippen LogP contribution in [0.3, 0.4) is 0 Å². The summed E-state index contributed by atoms with van der Waals surface area (Å²) in [6.45, 7) is 0. The zero-order valence-corrected chi connectivity index (χ0v) is 9.37. The van der Waals surface area contributed by atoms with Gasteiger partial charge in [0.1, 0.15) is 11.7 Å². The molecule has 2 rings (SSSR count). The second-order valence-corrected chi connectivity index (χ2v) is 3.87. The molecule has 0 amide bonds. The van der Waals surface area contributed by atoms with Crippen molar-refractivity contribution in [2.45, 2.75) is 5.92 Å². The molecular formula is C13H13NO3. The summed E-state index contributed by atoms with van der Waals surface area (Å²) in [6, 6.07) is 10.0. The van der Waals surface area contributed by atoms with E-state index in [1.165, 1.54) is 6.07 Å². The van der Waals surface area contributed by atoms with Crippen LogP contribution in [-0.4, -0.2) is 20.7 Å². The number of aryl methyl sites for hydroxylation is 1. The molecule has 88 valence electrons. The van der Waals surface area contributed by atoms with Gasteiger partial charge in [0.15, 0.2) is 0 Å². The molecule has 0 aliphatic rings. The highest BCUT2D eigenvalue weighted by Gasteiger charge is 2.26. The Bertz CT molecular complexity index is 545. The predicted octanol–water partition coefficient (Wildman–Crippen LogP) is 1.95. The van der Waals surface area contributed by atoms with Gasteiger partial charge in [-0.2, -0.15) is 0 Å². The van der Waals surface area contributed by atoms with Crippen LogP contribution in [0.15, 0.2) is 42.6 Å². The number of phenols is 1. The molecule has 1 aromatic carbocycles. The largest absolute Gasteiger partial charge is 0.508 e. The van der Waals surface area contributed by atoms with Crippen LogP contribution < -0.4 is 0 Å². The molecule has 1 unspecified atom stereocenters. The molecule has 2 N–H and O–H groups in total. The van der Waals surface area contributed by atoms with Crippen LogP contribution in [0.25, 0.3) is 0 Å². The quantitative estimate of drug-likeness (QED) is 0.848. The van der Waals surface area contributed by atoms with Crippen molar-refractivity contribution in [2.75, 3.05) is 0 Å². The average molecular weight is 231 g/mol. The number of carboxylic acid groups (broad SMARTS) is 1. The number of carboxylic acids is 1. The summed E-state index contributed by atoms with van der Waals surface area (Å²) >= 11 is 0. The Morgan fingerprint density at radius 2 is 1.94 bits per heavy atom. The van der Waals surface area contributed by atoms with Gasteiger partial charge in [-0.25, -0.2) is 0 Å². The predicted molar refractivity (Wildman–Crippen MR) is 63.0 cm³/mol. The minimum absolute atomic E-state index is 0.00102. The third-order valence-corrected chi connectivity index (χ3v) is 2.77. The summed E-state index contributed by atoms with van der Waals surface area (Å²) in [7, 11) is 1.78. The van der Waals surface area contributed by atoms with E-state index in [1.807, 2.05) is 0 Å². The summed E-state index contributed by atoms with van der Waals surface area (Å²) in [5.74, 6) is -1.83. The van der Waals surface area contributed by atoms with Gasteiger partial charge in [0.05, 0.1) is 0 Å². The van der Waals surface area contributed by atoms with E-state index >= 15 is 0 Å². The van der Waals surface area contributed by atoms with E-state index in [-0.39, 0.29) is 5.75 Å². The molecule has 17 heavy (non-hydrogen) atoms. The second kappa shape index (κ2) is 4.33. The highest BCUT2D eigenvalue weighted by molar-refractivity contribution is 5.80. The van der Waals surface area contributed by atoms with Crippen molar-refractivity contribution in [3.8, 4) is 5.75 Å². The number of benzene rings is 1. The number of carbonyl (C=O) groups is 1. The number of rotatable bonds is 3. The summed E-state index contributed by atoms with van der Waals surface area (Å²) in [5, 5.41) is 19.1. The highest BCUT2D eigenvalue weighted by Crippen LogP contribution is 2.31. The summed E-state index contributed by atoms with van der Waals surface area (Å²) in [5.41, 5.74) is 1.04. The first kappa shape index (κ1) is 11.3. The van der Waals surface area contributed by atoms with E-state index in [1.54, 1.807) is 48.1 Å². The van der Waals surface area contributed by atoms with Gasteiger partial charge < -0.3 is 14.8 Å². The van der Waals surface area contributed by atoms with Crippen LogP contribution in [0, 0.1) is 0 Å². The van der Waals surface area contributed by atoms with Crippen molar-refractivity contribution in [2.24, 2.45) is 7.05 Å². The molecule has 1 aromatic heterocycles. The molecule has 0 bridgehead atoms. The van der Waals surface area contributed by atoms with Crippen LogP contribution in [0.1, 0.15) is 17.2 Å². The number of hydrogen-bond acceptors (Lipinski definition) is 2. The minimum Gasteiger partial charge on any atom is -0.508 e. The molecule has 0 saturated carbocycles. The third kappa shape index (κ3) is 2.01. The molecular weight excluding hydrogens is 218 g/mol. The molecule has 0 aliphatic carbocycles. The zero-order chi connectivity index (χ0) is 12.4. The van der Waals surface area contributed by atoms with Gasteiger partial charge in [-0.05, 0) is 18.2 Å². The van der Waals surface area contributed by atoms with Crippen molar-refractivity contribution in [1.29, 1.82) is 0 Å². The van der Waals surface area contributed by atoms with Gasteiger partial charge in [-0.15, -0.1) is 0 Å². The molecule has 0 radical (unpaired) electrons. The fourth-order valence-corrected chi connectivity index (χ4v) is 1.92. The van der Waals surface area contributed by atoms with Crippen LogP contribution in [0.4, 0.5) is 0 Å². The van der Waals surface area contributed by atoms with Crippen molar-refractivity contribution >= 4 is 5.97 Å². The Hall–Kier alpha value is -2.23. The van der Waals surface area contributed by atoms with Crippen molar-refractivity contribution in [3.63, 3.8) is 0 Å². The topological polar surface area (TPSA) is 62.5 Å². The number of nitrogens with zero attached hydrogens (tertiary/aromatic N) is 1. The SMILES string of the molecule is Cn1cccc1C(C(=O)O)c1ccccc1O. The molecule has 0 saturated heterocycles. The van der Waals surface area contributed by atoms with E-state index in [2.05, 4.69) is 0 Å². The van der Waals surface area contributed by atoms with Gasteiger partial charge in [-0.1, -0.05) is 18.2 Å². The van der Waals surface area contributed by atoms with E-state index < -0.39 is 11.9 Å². The Labute approximate surface area is 98.8 Å². The highest BCUT2D eigenvalue weighted by atomic mass is 16.4. The first-order chi connectivity index (χ1) is 8.11. The maximum atomic E-state index is 11.4. The van der Waals surface area contributed by atoms with E-state index in [0.717, 1.165) is 0 Å². The lowest BCUT2D eigenvalue weighted by molar-refractivity contribution is -0.137. The Kier molecular flexibility index (Phi) is 2.87. The third-order valence-electron chi connectivity index (χ3n) is 2.77. The number of aromatic nitrogens is 1. The number of aliphatic carboxylic acids is 1. The molecule has 1 atom stereocenters. The molecule has 2 aromatic rings. The first-order valence-corrected chi connectivity index (χ1v) is 5.23. The van der Waals surface area contributed by atoms with Gasteiger partial charge in [-0.3, -0.25) is 4.79 Å². The van der Waals surface area contributed by atoms with Crippen molar-refractivity contribution in [1.82, 2.24) is 4.57 Å². The standard InChI is InChI=1S/C13H13NO3/c1-14-8-4-6-10(14)12(13(16)17)9-5-2-3-7-11(9)15/h2-8,12,15H,1H3,(H,16,17). The second-order valence-electron chi connectivity index (χ2n) is 3.87. The Morgan fingerprint density at radius 3 is 2.47 bits per heavy atom. The summed E-state index contributed by atoms with van der Waals surface area (Å²) in [4.78, 5) is 11.4. The van der Waals surface area contributed by atoms with Crippen LogP contribution in [0.5, 0.6) is 5.75 Å². The maximum absolute atomic E-state index is 11.4. The minimum atomic E-state index is -0.978. The fourth-order valence-electron chi connectivity index (χ4n) is 1.92. The van der Waals surface area contributed by atoms with Crippen LogP contribution in [0.2, 0.25) is 0 Å². The molecule has 0 spiro atoms. The monoisotopic (exact) mass is 231 g/mol. The zero-order valence-electron chi connectivity index (χ0n) is 9.37. The molecule has 4 heteroatoms. The molecule has 0 aliphatic heterocycles. The fraction of sp³-hybridized carbons (Fsp3) is 0.154. The lowest BCUT2D eigenvalue weighted by Crippen LogP contribution is -2.16. The van der Waals surface area contributed by atoms with Crippen molar-refractivity contribution < 1.29 is 15.0 Å². The normalized spacial score (nSPS) is 12.3. The summed E-state index contributed by atoms with van der Waals surface area (Å²) in [6.07, 6.45) is 1.78. The van der Waals surface area contributed by atoms with Gasteiger partial charge in [0, 0.05) is 24.5 Å². The number of hydrogen-bond donors (Lipinski definition) is 2. The molecule has 0 fully saturated rings. The summed E-state index contributed by atoms with van der Waals surface area (Å²) < 4.78 is 1.74. The number of phenolic OH excluding ortho intramolecular Hbond substituents is 1. The number of aromatic hydroxyl groups is 1. The average Bonchev–Trinajstić information content (AvgIpc) is 2.68. The maximum Gasteiger partial charge on any atom is 0.317 e. The smallest absolute Gasteiger partial charge is 0.317 e. The molecule has 4 nitrogen and oxygen atoms in total. The Morgan fingerprint density at radius 1 is 1.24 bits per heavy atom. The van der Waals surface area contributed by atoms with Crippen LogP contribution >= 0.6 is 0 Å². The first-order valence-electron chi connectivity index (χ1n) is 5.23. The van der Waals surface area contributed by atoms with E-state index in [0.29, 0.717) is 11.3 Å². The lowest BCUT2D eigenvalue weighted by atomic mass is 9.95. The van der Waals surface area contributed by atoms with E-state index in [9.17, 15) is 15.0 Å². The Balaban J connectivity index is 2.55. The number of para-hydroxylation sites is 1. The van der Waals surface area contributed by atoms with Gasteiger partial charge in [0.2, 0.25) is 0 Å². The van der Waals surface area contributed by atoms with Gasteiger partial charge in [0.25, 0.3) is 0 Å². The van der Waals surface area contributed by atoms with Crippen LogP contribution in [-0.2, 0) is 11.8 Å². The lowest BCUT2D eigenvalue weighted by Gasteiger charge is -2.15. The van der Waals surface area contributed by atoms with Gasteiger partial charge >= 0.3 is 5.97 Å². The molecule has 1 heterocycles. The van der Waals surface area contributed by atoms with E-state index in [4.69, 9.17) is 0 Å².